The van der Waals surface area contributed by atoms with E-state index in [-0.39, 0.29) is 17.6 Å². The summed E-state index contributed by atoms with van der Waals surface area (Å²) >= 11 is 0. The molecule has 0 spiro atoms. The average Bonchev–Trinajstić information content (AvgIpc) is 2.84. The predicted octanol–water partition coefficient (Wildman–Crippen LogP) is 2.49. The fourth-order valence-electron chi connectivity index (χ4n) is 3.28. The smallest absolute Gasteiger partial charge is 0.307 e. The Morgan fingerprint density at radius 2 is 1.67 bits per heavy atom. The van der Waals surface area contributed by atoms with Gasteiger partial charge in [-0.05, 0) is 23.3 Å². The molecule has 2 aliphatic heterocycles. The van der Waals surface area contributed by atoms with Gasteiger partial charge in [0.15, 0.2) is 0 Å². The molecule has 3 amide bonds. The van der Waals surface area contributed by atoms with Crippen molar-refractivity contribution >= 4 is 23.3 Å². The SMILES string of the molecule is O=C1C2Cc3ccccc3CN2C(=O)N1c1ccc([N+](=O)[O-])cc1. The number of carbonyl (C=O) groups excluding carboxylic acids is 2. The van der Waals surface area contributed by atoms with Crippen molar-refractivity contribution in [1.29, 1.82) is 0 Å². The second kappa shape index (κ2) is 5.16. The highest BCUT2D eigenvalue weighted by Crippen LogP contribution is 2.33. The molecule has 0 aromatic heterocycles. The van der Waals surface area contributed by atoms with Gasteiger partial charge in [0.25, 0.3) is 11.6 Å². The summed E-state index contributed by atoms with van der Waals surface area (Å²) in [4.78, 5) is 38.3. The third kappa shape index (κ3) is 2.05. The lowest BCUT2D eigenvalue weighted by Crippen LogP contribution is -2.39. The van der Waals surface area contributed by atoms with E-state index in [0.29, 0.717) is 18.7 Å². The quantitative estimate of drug-likeness (QED) is 0.483. The van der Waals surface area contributed by atoms with Crippen LogP contribution in [-0.2, 0) is 17.8 Å². The van der Waals surface area contributed by atoms with Gasteiger partial charge in [0, 0.05) is 25.1 Å². The number of nitrogens with zero attached hydrogens (tertiary/aromatic N) is 3. The van der Waals surface area contributed by atoms with E-state index < -0.39 is 11.0 Å². The van der Waals surface area contributed by atoms with Crippen LogP contribution < -0.4 is 4.90 Å². The fraction of sp³-hybridized carbons (Fsp3) is 0.176. The molecular weight excluding hydrogens is 310 g/mol. The molecule has 2 heterocycles. The van der Waals surface area contributed by atoms with Crippen LogP contribution in [0.2, 0.25) is 0 Å². The summed E-state index contributed by atoms with van der Waals surface area (Å²) in [5.74, 6) is -0.289. The lowest BCUT2D eigenvalue weighted by molar-refractivity contribution is -0.384. The zero-order valence-corrected chi connectivity index (χ0v) is 12.6. The molecule has 2 aliphatic rings. The second-order valence-corrected chi connectivity index (χ2v) is 5.85. The number of anilines is 1. The third-order valence-corrected chi connectivity index (χ3v) is 4.51. The normalized spacial score (nSPS) is 19.2. The monoisotopic (exact) mass is 323 g/mol. The minimum atomic E-state index is -0.517. The Bertz CT molecular complexity index is 819. The minimum Gasteiger partial charge on any atom is -0.307 e. The Morgan fingerprint density at radius 3 is 2.33 bits per heavy atom. The number of carbonyl (C=O) groups is 2. The predicted molar refractivity (Wildman–Crippen MR) is 85.5 cm³/mol. The number of amides is 3. The van der Waals surface area contributed by atoms with Gasteiger partial charge < -0.3 is 4.90 Å². The molecule has 0 saturated carbocycles. The summed E-state index contributed by atoms with van der Waals surface area (Å²) in [5, 5.41) is 10.7. The molecule has 0 radical (unpaired) electrons. The van der Waals surface area contributed by atoms with Crippen LogP contribution in [0.25, 0.3) is 0 Å². The summed E-state index contributed by atoms with van der Waals surface area (Å²) in [5.41, 5.74) is 2.39. The highest BCUT2D eigenvalue weighted by molar-refractivity contribution is 6.21. The van der Waals surface area contributed by atoms with E-state index in [1.807, 2.05) is 24.3 Å². The molecule has 0 N–H and O–H groups in total. The summed E-state index contributed by atoms with van der Waals surface area (Å²) in [6.45, 7) is 0.398. The molecule has 24 heavy (non-hydrogen) atoms. The van der Waals surface area contributed by atoms with E-state index in [1.54, 1.807) is 4.90 Å². The highest BCUT2D eigenvalue weighted by atomic mass is 16.6. The van der Waals surface area contributed by atoms with Crippen molar-refractivity contribution < 1.29 is 14.5 Å². The van der Waals surface area contributed by atoms with Gasteiger partial charge in [0.05, 0.1) is 10.6 Å². The van der Waals surface area contributed by atoms with Crippen LogP contribution in [-0.4, -0.2) is 27.8 Å². The van der Waals surface area contributed by atoms with E-state index in [1.165, 1.54) is 24.3 Å². The van der Waals surface area contributed by atoms with Gasteiger partial charge in [-0.2, -0.15) is 0 Å². The molecular formula is C17H13N3O4. The van der Waals surface area contributed by atoms with Crippen molar-refractivity contribution in [2.45, 2.75) is 19.0 Å². The minimum absolute atomic E-state index is 0.0806. The Hall–Kier alpha value is -3.22. The van der Waals surface area contributed by atoms with Crippen molar-refractivity contribution in [1.82, 2.24) is 4.90 Å². The first-order chi connectivity index (χ1) is 11.6. The van der Waals surface area contributed by atoms with Crippen molar-refractivity contribution in [3.63, 3.8) is 0 Å². The van der Waals surface area contributed by atoms with Crippen LogP contribution in [0.4, 0.5) is 16.2 Å². The topological polar surface area (TPSA) is 83.8 Å². The van der Waals surface area contributed by atoms with Crippen molar-refractivity contribution in [3.8, 4) is 0 Å². The molecule has 2 aromatic rings. The number of hydrogen-bond donors (Lipinski definition) is 0. The van der Waals surface area contributed by atoms with Crippen LogP contribution >= 0.6 is 0 Å². The average molecular weight is 323 g/mol. The van der Waals surface area contributed by atoms with E-state index >= 15 is 0 Å². The van der Waals surface area contributed by atoms with Crippen molar-refractivity contribution in [2.75, 3.05) is 4.90 Å². The van der Waals surface area contributed by atoms with Gasteiger partial charge in [-0.3, -0.25) is 14.9 Å². The number of non-ortho nitro benzene ring substituents is 1. The molecule has 0 bridgehead atoms. The number of imide groups is 1. The zero-order chi connectivity index (χ0) is 16.8. The van der Waals surface area contributed by atoms with Crippen LogP contribution in [0.15, 0.2) is 48.5 Å². The summed E-state index contributed by atoms with van der Waals surface area (Å²) in [6, 6.07) is 12.3. The molecule has 7 nitrogen and oxygen atoms in total. The molecule has 120 valence electrons. The molecule has 1 saturated heterocycles. The molecule has 4 rings (SSSR count). The van der Waals surface area contributed by atoms with Gasteiger partial charge in [-0.25, -0.2) is 9.69 Å². The van der Waals surface area contributed by atoms with Crippen LogP contribution in [0.5, 0.6) is 0 Å². The Labute approximate surface area is 137 Å². The number of urea groups is 1. The first-order valence-electron chi connectivity index (χ1n) is 7.52. The number of hydrogen-bond acceptors (Lipinski definition) is 4. The van der Waals surface area contributed by atoms with Gasteiger partial charge in [0.1, 0.15) is 6.04 Å². The maximum atomic E-state index is 12.7. The number of benzene rings is 2. The van der Waals surface area contributed by atoms with Crippen LogP contribution in [0, 0.1) is 10.1 Å². The highest BCUT2D eigenvalue weighted by Gasteiger charge is 2.47. The standard InChI is InChI=1S/C17H13N3O4/c21-16-15-9-11-3-1-2-4-12(11)10-18(15)17(22)19(16)13-5-7-14(8-6-13)20(23)24/h1-8,15H,9-10H2. The second-order valence-electron chi connectivity index (χ2n) is 5.85. The van der Waals surface area contributed by atoms with Crippen molar-refractivity contribution in [2.24, 2.45) is 0 Å². The van der Waals surface area contributed by atoms with Gasteiger partial charge >= 0.3 is 6.03 Å². The van der Waals surface area contributed by atoms with E-state index in [0.717, 1.165) is 16.0 Å². The first kappa shape index (κ1) is 14.4. The first-order valence-corrected chi connectivity index (χ1v) is 7.52. The molecule has 2 aromatic carbocycles. The van der Waals surface area contributed by atoms with E-state index in [9.17, 15) is 19.7 Å². The van der Waals surface area contributed by atoms with Gasteiger partial charge in [-0.15, -0.1) is 0 Å². The lowest BCUT2D eigenvalue weighted by Gasteiger charge is -2.28. The van der Waals surface area contributed by atoms with Crippen molar-refractivity contribution in [3.05, 3.63) is 69.8 Å². The Balaban J connectivity index is 1.67. The molecule has 1 atom stereocenters. The number of rotatable bonds is 2. The molecule has 1 unspecified atom stereocenters. The Morgan fingerprint density at radius 1 is 1.00 bits per heavy atom. The molecule has 1 fully saturated rings. The summed E-state index contributed by atoms with van der Waals surface area (Å²) in [6.07, 6.45) is 0.490. The number of fused-ring (bicyclic) bond motifs is 2. The largest absolute Gasteiger partial charge is 0.332 e. The Kier molecular flexibility index (Phi) is 3.09. The van der Waals surface area contributed by atoms with Crippen LogP contribution in [0.1, 0.15) is 11.1 Å². The maximum absolute atomic E-state index is 12.7. The third-order valence-electron chi connectivity index (χ3n) is 4.51. The summed E-state index contributed by atoms with van der Waals surface area (Å²) in [7, 11) is 0. The lowest BCUT2D eigenvalue weighted by atomic mass is 9.95. The van der Waals surface area contributed by atoms with Gasteiger partial charge in [0.2, 0.25) is 0 Å². The van der Waals surface area contributed by atoms with Crippen LogP contribution in [0.3, 0.4) is 0 Å². The molecule has 7 heteroatoms. The number of nitro benzene ring substituents is 1. The summed E-state index contributed by atoms with van der Waals surface area (Å²) < 4.78 is 0. The fourth-order valence-corrected chi connectivity index (χ4v) is 3.28. The number of nitro groups is 1. The zero-order valence-electron chi connectivity index (χ0n) is 12.6. The van der Waals surface area contributed by atoms with E-state index in [4.69, 9.17) is 0 Å². The maximum Gasteiger partial charge on any atom is 0.332 e. The molecule has 0 aliphatic carbocycles. The van der Waals surface area contributed by atoms with Gasteiger partial charge in [-0.1, -0.05) is 24.3 Å². The van der Waals surface area contributed by atoms with E-state index in [2.05, 4.69) is 0 Å².